The van der Waals surface area contributed by atoms with E-state index in [0.717, 1.165) is 5.56 Å². The molecule has 2 heteroatoms. The van der Waals surface area contributed by atoms with Crippen LogP contribution >= 0.6 is 0 Å². The van der Waals surface area contributed by atoms with E-state index >= 15 is 0 Å². The molecule has 0 aliphatic rings. The Kier molecular flexibility index (Phi) is 4.35. The van der Waals surface area contributed by atoms with Crippen molar-refractivity contribution in [3.63, 3.8) is 0 Å². The van der Waals surface area contributed by atoms with Gasteiger partial charge in [-0.15, -0.1) is 0 Å². The van der Waals surface area contributed by atoms with Crippen molar-refractivity contribution in [1.29, 1.82) is 0 Å². The predicted octanol–water partition coefficient (Wildman–Crippen LogP) is 3.86. The highest BCUT2D eigenvalue weighted by atomic mass is 16.4. The van der Waals surface area contributed by atoms with Crippen molar-refractivity contribution in [2.24, 2.45) is 0 Å². The molecule has 0 aliphatic carbocycles. The monoisotopic (exact) mass is 254 g/mol. The zero-order chi connectivity index (χ0) is 13.7. The van der Waals surface area contributed by atoms with Gasteiger partial charge in [-0.3, -0.25) is 4.79 Å². The maximum absolute atomic E-state index is 10.5. The lowest BCUT2D eigenvalue weighted by Crippen LogP contribution is -1.99. The average Bonchev–Trinajstić information content (AvgIpc) is 2.46. The second-order valence-corrected chi connectivity index (χ2v) is 4.77. The molecule has 2 aromatic rings. The Morgan fingerprint density at radius 1 is 1.00 bits per heavy atom. The number of hydrogen-bond acceptors (Lipinski definition) is 1. The largest absolute Gasteiger partial charge is 0.481 e. The molecular weight excluding hydrogens is 236 g/mol. The highest BCUT2D eigenvalue weighted by Crippen LogP contribution is 2.24. The molecule has 0 aliphatic heterocycles. The second kappa shape index (κ2) is 6.19. The normalized spacial score (nSPS) is 12.1. The van der Waals surface area contributed by atoms with E-state index in [2.05, 4.69) is 31.2 Å². The summed E-state index contributed by atoms with van der Waals surface area (Å²) in [7, 11) is 0. The molecule has 1 N–H and O–H groups in total. The van der Waals surface area contributed by atoms with Crippen LogP contribution in [-0.2, 0) is 11.2 Å². The van der Waals surface area contributed by atoms with Crippen LogP contribution in [-0.4, -0.2) is 11.1 Å². The molecule has 0 saturated heterocycles. The molecule has 0 heterocycles. The number of carboxylic acid groups (broad SMARTS) is 1. The van der Waals surface area contributed by atoms with Crippen LogP contribution in [0.4, 0.5) is 0 Å². The molecule has 1 atom stereocenters. The summed E-state index contributed by atoms with van der Waals surface area (Å²) in [5.74, 6) is -0.392. The Bertz CT molecular complexity index is 529. The summed E-state index contributed by atoms with van der Waals surface area (Å²) in [6.07, 6.45) is 0.781. The van der Waals surface area contributed by atoms with Crippen molar-refractivity contribution in [2.75, 3.05) is 0 Å². The standard InChI is InChI=1S/C17H18O2/c1-13(15-5-3-2-4-6-15)16-10-7-14(8-11-16)9-12-17(18)19/h2-8,10-11,13H,9,12H2,1H3,(H,18,19). The number of aliphatic carboxylic acids is 1. The molecule has 2 rings (SSSR count). The minimum atomic E-state index is -0.748. The molecule has 0 aromatic heterocycles. The van der Waals surface area contributed by atoms with Gasteiger partial charge in [0, 0.05) is 12.3 Å². The van der Waals surface area contributed by atoms with E-state index in [4.69, 9.17) is 5.11 Å². The number of carbonyl (C=O) groups is 1. The number of aryl methyl sites for hydroxylation is 1. The summed E-state index contributed by atoms with van der Waals surface area (Å²) in [6.45, 7) is 2.18. The fourth-order valence-corrected chi connectivity index (χ4v) is 2.16. The lowest BCUT2D eigenvalue weighted by molar-refractivity contribution is -0.136. The lowest BCUT2D eigenvalue weighted by Gasteiger charge is -2.12. The van der Waals surface area contributed by atoms with Gasteiger partial charge in [-0.1, -0.05) is 61.5 Å². The fourth-order valence-electron chi connectivity index (χ4n) is 2.16. The van der Waals surface area contributed by atoms with Crippen LogP contribution in [0.15, 0.2) is 54.6 Å². The van der Waals surface area contributed by atoms with Gasteiger partial charge in [-0.2, -0.15) is 0 Å². The summed E-state index contributed by atoms with van der Waals surface area (Å²) >= 11 is 0. The van der Waals surface area contributed by atoms with Crippen molar-refractivity contribution in [2.45, 2.75) is 25.7 Å². The van der Waals surface area contributed by atoms with Gasteiger partial charge in [-0.05, 0) is 23.1 Å². The molecule has 0 spiro atoms. The third kappa shape index (κ3) is 3.68. The fraction of sp³-hybridized carbons (Fsp3) is 0.235. The third-order valence-corrected chi connectivity index (χ3v) is 3.41. The Morgan fingerprint density at radius 3 is 2.16 bits per heavy atom. The summed E-state index contributed by atoms with van der Waals surface area (Å²) in [4.78, 5) is 10.5. The first kappa shape index (κ1) is 13.3. The van der Waals surface area contributed by atoms with E-state index < -0.39 is 5.97 Å². The summed E-state index contributed by atoms with van der Waals surface area (Å²) in [5, 5.41) is 8.67. The molecule has 2 nitrogen and oxygen atoms in total. The molecule has 19 heavy (non-hydrogen) atoms. The van der Waals surface area contributed by atoms with E-state index in [-0.39, 0.29) is 6.42 Å². The highest BCUT2D eigenvalue weighted by molar-refractivity contribution is 5.67. The number of benzene rings is 2. The van der Waals surface area contributed by atoms with Gasteiger partial charge in [-0.25, -0.2) is 0 Å². The Hall–Kier alpha value is -2.09. The third-order valence-electron chi connectivity index (χ3n) is 3.41. The van der Waals surface area contributed by atoms with E-state index in [1.54, 1.807) is 0 Å². The first-order valence-electron chi connectivity index (χ1n) is 6.52. The molecule has 0 bridgehead atoms. The zero-order valence-electron chi connectivity index (χ0n) is 11.0. The van der Waals surface area contributed by atoms with Crippen molar-refractivity contribution in [3.8, 4) is 0 Å². The zero-order valence-corrected chi connectivity index (χ0v) is 11.0. The van der Waals surface area contributed by atoms with Gasteiger partial charge in [0.1, 0.15) is 0 Å². The smallest absolute Gasteiger partial charge is 0.303 e. The Balaban J connectivity index is 2.08. The first-order chi connectivity index (χ1) is 9.16. The van der Waals surface area contributed by atoms with Crippen LogP contribution in [0.1, 0.15) is 36.0 Å². The lowest BCUT2D eigenvalue weighted by atomic mass is 9.92. The summed E-state index contributed by atoms with van der Waals surface area (Å²) in [5.41, 5.74) is 3.62. The van der Waals surface area contributed by atoms with Gasteiger partial charge in [0.25, 0.3) is 0 Å². The summed E-state index contributed by atoms with van der Waals surface area (Å²) in [6, 6.07) is 18.6. The minimum Gasteiger partial charge on any atom is -0.481 e. The Labute approximate surface area is 113 Å². The molecule has 2 aromatic carbocycles. The van der Waals surface area contributed by atoms with Crippen molar-refractivity contribution >= 4 is 5.97 Å². The van der Waals surface area contributed by atoms with E-state index in [9.17, 15) is 4.79 Å². The van der Waals surface area contributed by atoms with Crippen LogP contribution in [0.25, 0.3) is 0 Å². The molecular formula is C17H18O2. The minimum absolute atomic E-state index is 0.188. The van der Waals surface area contributed by atoms with Crippen LogP contribution in [0.2, 0.25) is 0 Å². The van der Waals surface area contributed by atoms with Gasteiger partial charge < -0.3 is 5.11 Å². The van der Waals surface area contributed by atoms with E-state index in [1.165, 1.54) is 11.1 Å². The maximum Gasteiger partial charge on any atom is 0.303 e. The van der Waals surface area contributed by atoms with Gasteiger partial charge >= 0.3 is 5.97 Å². The first-order valence-corrected chi connectivity index (χ1v) is 6.52. The van der Waals surface area contributed by atoms with Gasteiger partial charge in [0.2, 0.25) is 0 Å². The van der Waals surface area contributed by atoms with Crippen LogP contribution in [0.5, 0.6) is 0 Å². The van der Waals surface area contributed by atoms with Gasteiger partial charge in [0.05, 0.1) is 0 Å². The number of carboxylic acids is 1. The van der Waals surface area contributed by atoms with E-state index in [0.29, 0.717) is 12.3 Å². The molecule has 0 fully saturated rings. The second-order valence-electron chi connectivity index (χ2n) is 4.77. The quantitative estimate of drug-likeness (QED) is 0.879. The SMILES string of the molecule is CC(c1ccccc1)c1ccc(CCC(=O)O)cc1. The Morgan fingerprint density at radius 2 is 1.58 bits per heavy atom. The predicted molar refractivity (Wildman–Crippen MR) is 76.4 cm³/mol. The van der Waals surface area contributed by atoms with Crippen molar-refractivity contribution < 1.29 is 9.90 Å². The van der Waals surface area contributed by atoms with Crippen molar-refractivity contribution in [1.82, 2.24) is 0 Å². The highest BCUT2D eigenvalue weighted by Gasteiger charge is 2.07. The van der Waals surface area contributed by atoms with Crippen LogP contribution in [0, 0.1) is 0 Å². The van der Waals surface area contributed by atoms with Crippen LogP contribution in [0.3, 0.4) is 0 Å². The van der Waals surface area contributed by atoms with E-state index in [1.807, 2.05) is 30.3 Å². The molecule has 0 radical (unpaired) electrons. The molecule has 0 saturated carbocycles. The number of hydrogen-bond donors (Lipinski definition) is 1. The number of rotatable bonds is 5. The molecule has 1 unspecified atom stereocenters. The summed E-state index contributed by atoms with van der Waals surface area (Å²) < 4.78 is 0. The molecule has 0 amide bonds. The van der Waals surface area contributed by atoms with Gasteiger partial charge in [0.15, 0.2) is 0 Å². The van der Waals surface area contributed by atoms with Crippen molar-refractivity contribution in [3.05, 3.63) is 71.3 Å². The maximum atomic E-state index is 10.5. The average molecular weight is 254 g/mol. The molecule has 98 valence electrons. The topological polar surface area (TPSA) is 37.3 Å². The van der Waals surface area contributed by atoms with Crippen LogP contribution < -0.4 is 0 Å².